The van der Waals surface area contributed by atoms with E-state index in [-0.39, 0.29) is 5.91 Å². The Morgan fingerprint density at radius 3 is 2.24 bits per heavy atom. The zero-order valence-electron chi connectivity index (χ0n) is 11.4. The molecule has 3 heteroatoms. The molecule has 0 radical (unpaired) electrons. The molecule has 1 aromatic rings. The molecule has 0 unspecified atom stereocenters. The van der Waals surface area contributed by atoms with Gasteiger partial charge in [0, 0.05) is 11.4 Å². The Morgan fingerprint density at radius 2 is 1.82 bits per heavy atom. The van der Waals surface area contributed by atoms with Crippen molar-refractivity contribution < 1.29 is 4.79 Å². The molecule has 1 N–H and O–H groups in total. The summed E-state index contributed by atoms with van der Waals surface area (Å²) in [6, 6.07) is 3.89. The molecule has 0 fully saturated rings. The van der Waals surface area contributed by atoms with Crippen LogP contribution in [0.3, 0.4) is 0 Å². The molecule has 1 rings (SSSR count). The normalized spacial score (nSPS) is 11.5. The fourth-order valence-corrected chi connectivity index (χ4v) is 2.88. The van der Waals surface area contributed by atoms with Crippen molar-refractivity contribution in [2.45, 2.75) is 34.6 Å². The number of nitrogens with one attached hydrogen (secondary N) is 1. The van der Waals surface area contributed by atoms with Crippen molar-refractivity contribution in [1.82, 2.24) is 5.32 Å². The van der Waals surface area contributed by atoms with Crippen LogP contribution in [0.5, 0.6) is 0 Å². The van der Waals surface area contributed by atoms with Crippen molar-refractivity contribution in [2.75, 3.05) is 6.54 Å². The van der Waals surface area contributed by atoms with Gasteiger partial charge in [0.25, 0.3) is 5.91 Å². The molecule has 2 nitrogen and oxygen atoms in total. The molecule has 0 aromatic carbocycles. The van der Waals surface area contributed by atoms with E-state index in [4.69, 9.17) is 0 Å². The lowest BCUT2D eigenvalue weighted by atomic mass is 9.85. The van der Waals surface area contributed by atoms with Crippen LogP contribution in [0.2, 0.25) is 0 Å². The number of carbonyl (C=O) groups excluding carboxylic acids is 1. The van der Waals surface area contributed by atoms with E-state index in [1.807, 2.05) is 19.1 Å². The number of amides is 1. The van der Waals surface area contributed by atoms with E-state index in [0.29, 0.717) is 17.8 Å². The second kappa shape index (κ2) is 6.20. The second-order valence-corrected chi connectivity index (χ2v) is 6.56. The van der Waals surface area contributed by atoms with E-state index in [1.54, 1.807) is 11.3 Å². The minimum atomic E-state index is 0.0643. The van der Waals surface area contributed by atoms with Crippen molar-refractivity contribution in [3.05, 3.63) is 21.9 Å². The molecule has 0 saturated heterocycles. The van der Waals surface area contributed by atoms with Crippen LogP contribution in [-0.2, 0) is 0 Å². The zero-order chi connectivity index (χ0) is 13.0. The first-order valence-electron chi connectivity index (χ1n) is 6.26. The summed E-state index contributed by atoms with van der Waals surface area (Å²) in [4.78, 5) is 13.9. The van der Waals surface area contributed by atoms with Crippen LogP contribution < -0.4 is 5.32 Å². The molecular weight excluding hydrogens is 230 g/mol. The van der Waals surface area contributed by atoms with Crippen LogP contribution in [0.4, 0.5) is 0 Å². The van der Waals surface area contributed by atoms with Crippen molar-refractivity contribution in [1.29, 1.82) is 0 Å². The molecule has 1 heterocycles. The molecule has 0 bridgehead atoms. The van der Waals surface area contributed by atoms with Crippen LogP contribution >= 0.6 is 11.3 Å². The third kappa shape index (κ3) is 4.15. The Labute approximate surface area is 108 Å². The first-order chi connectivity index (χ1) is 7.91. The molecule has 17 heavy (non-hydrogen) atoms. The number of hydrogen-bond acceptors (Lipinski definition) is 2. The van der Waals surface area contributed by atoms with Gasteiger partial charge < -0.3 is 5.32 Å². The highest BCUT2D eigenvalue weighted by atomic mass is 32.1. The molecule has 96 valence electrons. The first kappa shape index (κ1) is 14.2. The zero-order valence-corrected chi connectivity index (χ0v) is 12.2. The molecule has 0 saturated carbocycles. The van der Waals surface area contributed by atoms with Crippen LogP contribution in [-0.4, -0.2) is 12.5 Å². The molecule has 0 spiro atoms. The number of thiophene rings is 1. The summed E-state index contributed by atoms with van der Waals surface area (Å²) in [5.74, 6) is 1.80. The lowest BCUT2D eigenvalue weighted by molar-refractivity contribution is 0.0941. The van der Waals surface area contributed by atoms with Crippen LogP contribution in [0.15, 0.2) is 12.1 Å². The maximum atomic E-state index is 11.9. The molecular formula is C14H23NOS. The van der Waals surface area contributed by atoms with E-state index in [9.17, 15) is 4.79 Å². The second-order valence-electron chi connectivity index (χ2n) is 5.27. The average Bonchev–Trinajstić information content (AvgIpc) is 2.63. The number of hydrogen-bond donors (Lipinski definition) is 1. The van der Waals surface area contributed by atoms with E-state index < -0.39 is 0 Å². The van der Waals surface area contributed by atoms with Gasteiger partial charge in [-0.2, -0.15) is 0 Å². The van der Waals surface area contributed by atoms with Crippen molar-refractivity contribution in [2.24, 2.45) is 17.8 Å². The van der Waals surface area contributed by atoms with Gasteiger partial charge in [-0.25, -0.2) is 0 Å². The van der Waals surface area contributed by atoms with Gasteiger partial charge in [0.15, 0.2) is 0 Å². The summed E-state index contributed by atoms with van der Waals surface area (Å²) in [5.41, 5.74) is 0. The minimum Gasteiger partial charge on any atom is -0.351 e. The van der Waals surface area contributed by atoms with Crippen LogP contribution in [0.1, 0.15) is 42.2 Å². The minimum absolute atomic E-state index is 0.0643. The molecule has 0 aliphatic carbocycles. The predicted octanol–water partition coefficient (Wildman–Crippen LogP) is 3.71. The number of carbonyl (C=O) groups is 1. The fraction of sp³-hybridized carbons (Fsp3) is 0.643. The largest absolute Gasteiger partial charge is 0.351 e. The molecule has 1 amide bonds. The highest BCUT2D eigenvalue weighted by Gasteiger charge is 2.18. The number of aryl methyl sites for hydroxylation is 1. The van der Waals surface area contributed by atoms with Gasteiger partial charge in [-0.1, -0.05) is 27.7 Å². The fourth-order valence-electron chi connectivity index (χ4n) is 2.10. The third-order valence-corrected chi connectivity index (χ3v) is 4.17. The van der Waals surface area contributed by atoms with E-state index >= 15 is 0 Å². The maximum absolute atomic E-state index is 11.9. The molecule has 0 aliphatic rings. The highest BCUT2D eigenvalue weighted by molar-refractivity contribution is 7.13. The lowest BCUT2D eigenvalue weighted by Crippen LogP contribution is -2.33. The molecule has 0 aliphatic heterocycles. The van der Waals surface area contributed by atoms with E-state index in [2.05, 4.69) is 33.0 Å². The van der Waals surface area contributed by atoms with Gasteiger partial charge >= 0.3 is 0 Å². The number of rotatable bonds is 5. The summed E-state index contributed by atoms with van der Waals surface area (Å²) >= 11 is 1.55. The lowest BCUT2D eigenvalue weighted by Gasteiger charge is -2.24. The van der Waals surface area contributed by atoms with Gasteiger partial charge in [0.05, 0.1) is 4.88 Å². The average molecular weight is 253 g/mol. The van der Waals surface area contributed by atoms with Crippen LogP contribution in [0.25, 0.3) is 0 Å². The molecule has 0 atom stereocenters. The molecule has 1 aromatic heterocycles. The quantitative estimate of drug-likeness (QED) is 0.851. The van der Waals surface area contributed by atoms with Crippen molar-refractivity contribution in [3.63, 3.8) is 0 Å². The Morgan fingerprint density at radius 1 is 1.24 bits per heavy atom. The third-order valence-electron chi connectivity index (χ3n) is 3.18. The van der Waals surface area contributed by atoms with Crippen molar-refractivity contribution in [3.8, 4) is 0 Å². The first-order valence-corrected chi connectivity index (χ1v) is 7.08. The smallest absolute Gasteiger partial charge is 0.261 e. The highest BCUT2D eigenvalue weighted by Crippen LogP contribution is 2.20. The van der Waals surface area contributed by atoms with Crippen LogP contribution in [0, 0.1) is 24.7 Å². The summed E-state index contributed by atoms with van der Waals surface area (Å²) in [7, 11) is 0. The van der Waals surface area contributed by atoms with Gasteiger partial charge in [0.2, 0.25) is 0 Å². The van der Waals surface area contributed by atoms with Gasteiger partial charge in [-0.3, -0.25) is 4.79 Å². The summed E-state index contributed by atoms with van der Waals surface area (Å²) in [6.07, 6.45) is 0. The Hall–Kier alpha value is -0.830. The Balaban J connectivity index is 2.52. The maximum Gasteiger partial charge on any atom is 0.261 e. The monoisotopic (exact) mass is 253 g/mol. The Bertz CT molecular complexity index is 360. The summed E-state index contributed by atoms with van der Waals surface area (Å²) in [5, 5.41) is 3.05. The van der Waals surface area contributed by atoms with Crippen molar-refractivity contribution >= 4 is 17.2 Å². The Kier molecular flexibility index (Phi) is 5.19. The van der Waals surface area contributed by atoms with E-state index in [1.165, 1.54) is 4.88 Å². The van der Waals surface area contributed by atoms with Gasteiger partial charge in [-0.15, -0.1) is 11.3 Å². The van der Waals surface area contributed by atoms with Gasteiger partial charge in [-0.05, 0) is 36.8 Å². The summed E-state index contributed by atoms with van der Waals surface area (Å²) < 4.78 is 0. The van der Waals surface area contributed by atoms with E-state index in [0.717, 1.165) is 11.4 Å². The van der Waals surface area contributed by atoms with Gasteiger partial charge in [0.1, 0.15) is 0 Å². The predicted molar refractivity (Wildman–Crippen MR) is 74.6 cm³/mol. The standard InChI is InChI=1S/C14H23NOS/c1-9(2)12(10(3)4)8-15-14(16)13-7-6-11(5)17-13/h6-7,9-10,12H,8H2,1-5H3,(H,15,16). The summed E-state index contributed by atoms with van der Waals surface area (Å²) in [6.45, 7) is 11.6. The SMILES string of the molecule is Cc1ccc(C(=O)NCC(C(C)C)C(C)C)s1. The topological polar surface area (TPSA) is 29.1 Å².